The number of carbonyl (C=O) groups excluding carboxylic acids is 1. The van der Waals surface area contributed by atoms with E-state index in [1.165, 1.54) is 5.56 Å². The molecule has 0 aromatic carbocycles. The molecule has 0 spiro atoms. The highest BCUT2D eigenvalue weighted by atomic mass is 16.1. The Bertz CT molecular complexity index is 337. The molecular weight excluding hydrogens is 188 g/mol. The predicted molar refractivity (Wildman–Crippen MR) is 58.3 cm³/mol. The van der Waals surface area contributed by atoms with E-state index in [4.69, 9.17) is 0 Å². The van der Waals surface area contributed by atoms with Crippen LogP contribution in [0, 0.1) is 5.92 Å². The maximum absolute atomic E-state index is 11.4. The third kappa shape index (κ3) is 2.63. The standard InChI is InChI=1S/C12H16N2O/c1-10-8-14(7-4-12(10)15)9-11-2-5-13-6-3-11/h2-3,5-6,10H,4,7-9H2,1H3. The molecule has 15 heavy (non-hydrogen) atoms. The molecule has 0 saturated carbocycles. The van der Waals surface area contributed by atoms with Crippen LogP contribution in [0.25, 0.3) is 0 Å². The van der Waals surface area contributed by atoms with Crippen molar-refractivity contribution in [3.8, 4) is 0 Å². The highest BCUT2D eigenvalue weighted by Crippen LogP contribution is 2.14. The fourth-order valence-electron chi connectivity index (χ4n) is 1.99. The largest absolute Gasteiger partial charge is 0.299 e. The Morgan fingerprint density at radius 3 is 2.87 bits per heavy atom. The lowest BCUT2D eigenvalue weighted by atomic mass is 9.98. The number of hydrogen-bond acceptors (Lipinski definition) is 3. The van der Waals surface area contributed by atoms with Gasteiger partial charge in [0.15, 0.2) is 0 Å². The van der Waals surface area contributed by atoms with E-state index < -0.39 is 0 Å². The van der Waals surface area contributed by atoms with Gasteiger partial charge in [-0.1, -0.05) is 6.92 Å². The van der Waals surface area contributed by atoms with E-state index >= 15 is 0 Å². The van der Waals surface area contributed by atoms with Gasteiger partial charge in [-0.25, -0.2) is 0 Å². The Hall–Kier alpha value is -1.22. The molecule has 2 heterocycles. The van der Waals surface area contributed by atoms with Crippen molar-refractivity contribution in [3.63, 3.8) is 0 Å². The number of aromatic nitrogens is 1. The maximum atomic E-state index is 11.4. The topological polar surface area (TPSA) is 33.2 Å². The molecular formula is C12H16N2O. The monoisotopic (exact) mass is 204 g/mol. The molecule has 0 N–H and O–H groups in total. The summed E-state index contributed by atoms with van der Waals surface area (Å²) in [5, 5.41) is 0. The van der Waals surface area contributed by atoms with Gasteiger partial charge in [-0.15, -0.1) is 0 Å². The van der Waals surface area contributed by atoms with Gasteiger partial charge in [0.05, 0.1) is 0 Å². The molecule has 1 unspecified atom stereocenters. The van der Waals surface area contributed by atoms with E-state index in [1.54, 1.807) is 0 Å². The van der Waals surface area contributed by atoms with Crippen LogP contribution in [0.15, 0.2) is 24.5 Å². The second-order valence-electron chi connectivity index (χ2n) is 4.21. The average Bonchev–Trinajstić information content (AvgIpc) is 2.25. The van der Waals surface area contributed by atoms with E-state index in [2.05, 4.69) is 9.88 Å². The first-order valence-corrected chi connectivity index (χ1v) is 5.39. The summed E-state index contributed by atoms with van der Waals surface area (Å²) in [6, 6.07) is 4.06. The minimum absolute atomic E-state index is 0.195. The van der Waals surface area contributed by atoms with E-state index in [0.717, 1.165) is 19.6 Å². The van der Waals surface area contributed by atoms with Crippen LogP contribution in [-0.2, 0) is 11.3 Å². The number of ketones is 1. The summed E-state index contributed by atoms with van der Waals surface area (Å²) in [6.07, 6.45) is 4.33. The van der Waals surface area contributed by atoms with Gasteiger partial charge in [-0.2, -0.15) is 0 Å². The van der Waals surface area contributed by atoms with Crippen molar-refractivity contribution in [2.45, 2.75) is 19.9 Å². The average molecular weight is 204 g/mol. The molecule has 2 rings (SSSR count). The summed E-state index contributed by atoms with van der Waals surface area (Å²) in [7, 11) is 0. The first-order valence-electron chi connectivity index (χ1n) is 5.39. The van der Waals surface area contributed by atoms with E-state index in [0.29, 0.717) is 12.2 Å². The Morgan fingerprint density at radius 1 is 1.47 bits per heavy atom. The van der Waals surface area contributed by atoms with Crippen LogP contribution in [0.3, 0.4) is 0 Å². The minimum atomic E-state index is 0.195. The molecule has 1 saturated heterocycles. The first kappa shape index (κ1) is 10.3. The van der Waals surface area contributed by atoms with Crippen molar-refractivity contribution in [3.05, 3.63) is 30.1 Å². The third-order valence-corrected chi connectivity index (χ3v) is 2.91. The number of Topliss-reactive ketones (excluding diaryl/α,β-unsaturated/α-hetero) is 1. The van der Waals surface area contributed by atoms with Crippen LogP contribution < -0.4 is 0 Å². The van der Waals surface area contributed by atoms with Crippen molar-refractivity contribution in [1.82, 2.24) is 9.88 Å². The zero-order valence-corrected chi connectivity index (χ0v) is 9.02. The van der Waals surface area contributed by atoms with Crippen LogP contribution in [0.5, 0.6) is 0 Å². The molecule has 1 aliphatic heterocycles. The molecule has 1 fully saturated rings. The molecule has 1 atom stereocenters. The van der Waals surface area contributed by atoms with Crippen LogP contribution >= 0.6 is 0 Å². The van der Waals surface area contributed by atoms with E-state index in [1.807, 2.05) is 31.5 Å². The minimum Gasteiger partial charge on any atom is -0.299 e. The van der Waals surface area contributed by atoms with Gasteiger partial charge in [-0.3, -0.25) is 14.7 Å². The van der Waals surface area contributed by atoms with Crippen molar-refractivity contribution in [2.24, 2.45) is 5.92 Å². The van der Waals surface area contributed by atoms with Crippen molar-refractivity contribution in [1.29, 1.82) is 0 Å². The quantitative estimate of drug-likeness (QED) is 0.731. The fourth-order valence-corrected chi connectivity index (χ4v) is 1.99. The molecule has 0 bridgehead atoms. The van der Waals surface area contributed by atoms with Crippen LogP contribution in [-0.4, -0.2) is 28.8 Å². The van der Waals surface area contributed by atoms with Crippen LogP contribution in [0.2, 0.25) is 0 Å². The normalized spacial score (nSPS) is 23.0. The van der Waals surface area contributed by atoms with E-state index in [9.17, 15) is 4.79 Å². The van der Waals surface area contributed by atoms with Gasteiger partial charge in [0, 0.05) is 44.4 Å². The number of hydrogen-bond donors (Lipinski definition) is 0. The molecule has 1 aliphatic rings. The van der Waals surface area contributed by atoms with Crippen LogP contribution in [0.4, 0.5) is 0 Å². The smallest absolute Gasteiger partial charge is 0.138 e. The first-order chi connectivity index (χ1) is 7.25. The number of piperidine rings is 1. The van der Waals surface area contributed by atoms with Gasteiger partial charge < -0.3 is 0 Å². The van der Waals surface area contributed by atoms with Gasteiger partial charge in [0.2, 0.25) is 0 Å². The number of nitrogens with zero attached hydrogens (tertiary/aromatic N) is 2. The third-order valence-electron chi connectivity index (χ3n) is 2.91. The Morgan fingerprint density at radius 2 is 2.20 bits per heavy atom. The molecule has 0 aliphatic carbocycles. The number of carbonyl (C=O) groups is 1. The summed E-state index contributed by atoms with van der Waals surface area (Å²) in [5.74, 6) is 0.599. The zero-order chi connectivity index (χ0) is 10.7. The predicted octanol–water partition coefficient (Wildman–Crippen LogP) is 1.49. The summed E-state index contributed by atoms with van der Waals surface area (Å²) in [6.45, 7) is 4.73. The number of rotatable bonds is 2. The molecule has 80 valence electrons. The second-order valence-corrected chi connectivity index (χ2v) is 4.21. The van der Waals surface area contributed by atoms with Crippen molar-refractivity contribution in [2.75, 3.05) is 13.1 Å². The van der Waals surface area contributed by atoms with Crippen molar-refractivity contribution >= 4 is 5.78 Å². The molecule has 3 heteroatoms. The van der Waals surface area contributed by atoms with E-state index in [-0.39, 0.29) is 5.92 Å². The van der Waals surface area contributed by atoms with Crippen molar-refractivity contribution < 1.29 is 4.79 Å². The summed E-state index contributed by atoms with van der Waals surface area (Å²) >= 11 is 0. The second kappa shape index (κ2) is 4.53. The van der Waals surface area contributed by atoms with Crippen LogP contribution in [0.1, 0.15) is 18.9 Å². The lowest BCUT2D eigenvalue weighted by molar-refractivity contribution is -0.125. The molecule has 0 radical (unpaired) electrons. The molecule has 1 aromatic heterocycles. The fraction of sp³-hybridized carbons (Fsp3) is 0.500. The molecule has 3 nitrogen and oxygen atoms in total. The SMILES string of the molecule is CC1CN(Cc2ccncc2)CCC1=O. The Labute approximate surface area is 90.1 Å². The Kier molecular flexibility index (Phi) is 3.11. The van der Waals surface area contributed by atoms with Gasteiger partial charge in [0.1, 0.15) is 5.78 Å². The summed E-state index contributed by atoms with van der Waals surface area (Å²) in [4.78, 5) is 17.7. The Balaban J connectivity index is 1.94. The number of pyridine rings is 1. The van der Waals surface area contributed by atoms with Gasteiger partial charge >= 0.3 is 0 Å². The lowest BCUT2D eigenvalue weighted by Crippen LogP contribution is -2.38. The molecule has 0 amide bonds. The maximum Gasteiger partial charge on any atom is 0.138 e. The van der Waals surface area contributed by atoms with Gasteiger partial charge in [0.25, 0.3) is 0 Å². The summed E-state index contributed by atoms with van der Waals surface area (Å²) in [5.41, 5.74) is 1.27. The number of likely N-dealkylation sites (tertiary alicyclic amines) is 1. The van der Waals surface area contributed by atoms with Gasteiger partial charge in [-0.05, 0) is 17.7 Å². The highest BCUT2D eigenvalue weighted by molar-refractivity contribution is 5.81. The lowest BCUT2D eigenvalue weighted by Gasteiger charge is -2.29. The zero-order valence-electron chi connectivity index (χ0n) is 9.02. The summed E-state index contributed by atoms with van der Waals surface area (Å²) < 4.78 is 0. The highest BCUT2D eigenvalue weighted by Gasteiger charge is 2.22. The molecule has 1 aromatic rings.